The molecule has 0 amide bonds. The normalized spacial score (nSPS) is 10.7. The standard InChI is InChI=1S/C15H17ClN2O/c1-10-15(11(2)18(3)17-10)9-14(19)8-12-4-6-13(16)7-5-12/h4-7H,8-9H2,1-3H3. The lowest BCUT2D eigenvalue weighted by Gasteiger charge is -2.03. The van der Waals surface area contributed by atoms with E-state index in [4.69, 9.17) is 11.6 Å². The first-order valence-electron chi connectivity index (χ1n) is 6.22. The molecule has 0 saturated heterocycles. The highest BCUT2D eigenvalue weighted by Gasteiger charge is 2.13. The van der Waals surface area contributed by atoms with Crippen molar-refractivity contribution in [2.75, 3.05) is 0 Å². The number of hydrogen-bond donors (Lipinski definition) is 0. The Morgan fingerprint density at radius 1 is 1.21 bits per heavy atom. The molecular weight excluding hydrogens is 260 g/mol. The van der Waals surface area contributed by atoms with Crippen LogP contribution in [0.25, 0.3) is 0 Å². The Hall–Kier alpha value is -1.61. The van der Waals surface area contributed by atoms with Gasteiger partial charge in [0.25, 0.3) is 0 Å². The largest absolute Gasteiger partial charge is 0.299 e. The number of rotatable bonds is 4. The van der Waals surface area contributed by atoms with E-state index in [0.717, 1.165) is 22.5 Å². The maximum Gasteiger partial charge on any atom is 0.141 e. The minimum absolute atomic E-state index is 0.196. The monoisotopic (exact) mass is 276 g/mol. The molecule has 1 aromatic heterocycles. The lowest BCUT2D eigenvalue weighted by molar-refractivity contribution is -0.117. The average Bonchev–Trinajstić information content (AvgIpc) is 2.59. The van der Waals surface area contributed by atoms with Crippen molar-refractivity contribution in [3.05, 3.63) is 51.8 Å². The zero-order valence-electron chi connectivity index (χ0n) is 11.4. The van der Waals surface area contributed by atoms with Crippen molar-refractivity contribution < 1.29 is 4.79 Å². The van der Waals surface area contributed by atoms with Gasteiger partial charge < -0.3 is 0 Å². The molecular formula is C15H17ClN2O. The van der Waals surface area contributed by atoms with Gasteiger partial charge in [-0.25, -0.2) is 0 Å². The van der Waals surface area contributed by atoms with Gasteiger partial charge in [-0.15, -0.1) is 0 Å². The summed E-state index contributed by atoms with van der Waals surface area (Å²) in [6.45, 7) is 3.93. The van der Waals surface area contributed by atoms with Crippen LogP contribution in [0.5, 0.6) is 0 Å². The molecule has 0 unspecified atom stereocenters. The fraction of sp³-hybridized carbons (Fsp3) is 0.333. The summed E-state index contributed by atoms with van der Waals surface area (Å²) >= 11 is 5.83. The number of hydrogen-bond acceptors (Lipinski definition) is 2. The Morgan fingerprint density at radius 3 is 2.37 bits per heavy atom. The van der Waals surface area contributed by atoms with Gasteiger partial charge in [0.1, 0.15) is 5.78 Å². The summed E-state index contributed by atoms with van der Waals surface area (Å²) in [7, 11) is 1.90. The summed E-state index contributed by atoms with van der Waals surface area (Å²) in [5.74, 6) is 0.196. The van der Waals surface area contributed by atoms with Crippen LogP contribution in [0.4, 0.5) is 0 Å². The molecule has 0 saturated carbocycles. The predicted octanol–water partition coefficient (Wildman–Crippen LogP) is 3.04. The van der Waals surface area contributed by atoms with Crippen molar-refractivity contribution >= 4 is 17.4 Å². The molecule has 0 aliphatic rings. The number of nitrogens with zero attached hydrogens (tertiary/aromatic N) is 2. The van der Waals surface area contributed by atoms with Gasteiger partial charge in [0.2, 0.25) is 0 Å². The highest BCUT2D eigenvalue weighted by atomic mass is 35.5. The maximum absolute atomic E-state index is 12.1. The van der Waals surface area contributed by atoms with Crippen molar-refractivity contribution in [2.24, 2.45) is 7.05 Å². The summed E-state index contributed by atoms with van der Waals surface area (Å²) in [6.07, 6.45) is 0.874. The quantitative estimate of drug-likeness (QED) is 0.860. The van der Waals surface area contributed by atoms with E-state index in [1.54, 1.807) is 0 Å². The summed E-state index contributed by atoms with van der Waals surface area (Å²) in [4.78, 5) is 12.1. The van der Waals surface area contributed by atoms with Gasteiger partial charge in [-0.3, -0.25) is 9.48 Å². The molecule has 0 aliphatic carbocycles. The van der Waals surface area contributed by atoms with Crippen LogP contribution in [0.15, 0.2) is 24.3 Å². The molecule has 1 heterocycles. The molecule has 1 aromatic carbocycles. The third-order valence-corrected chi connectivity index (χ3v) is 3.60. The number of aryl methyl sites for hydroxylation is 2. The van der Waals surface area contributed by atoms with Crippen molar-refractivity contribution in [2.45, 2.75) is 26.7 Å². The molecule has 0 aliphatic heterocycles. The van der Waals surface area contributed by atoms with Crippen LogP contribution >= 0.6 is 11.6 Å². The lowest BCUT2D eigenvalue weighted by Crippen LogP contribution is -2.08. The summed E-state index contributed by atoms with van der Waals surface area (Å²) < 4.78 is 1.82. The Balaban J connectivity index is 2.07. The van der Waals surface area contributed by atoms with Gasteiger partial charge >= 0.3 is 0 Å². The average molecular weight is 277 g/mol. The Bertz CT molecular complexity index is 599. The lowest BCUT2D eigenvalue weighted by atomic mass is 10.0. The minimum Gasteiger partial charge on any atom is -0.299 e. The van der Waals surface area contributed by atoms with Crippen molar-refractivity contribution in [1.29, 1.82) is 0 Å². The van der Waals surface area contributed by atoms with E-state index in [1.807, 2.05) is 49.8 Å². The van der Waals surface area contributed by atoms with Gasteiger partial charge in [0.15, 0.2) is 0 Å². The first kappa shape index (κ1) is 13.8. The second-order valence-electron chi connectivity index (χ2n) is 4.79. The van der Waals surface area contributed by atoms with Crippen molar-refractivity contribution in [3.63, 3.8) is 0 Å². The highest BCUT2D eigenvalue weighted by molar-refractivity contribution is 6.30. The van der Waals surface area contributed by atoms with Crippen LogP contribution < -0.4 is 0 Å². The number of ketones is 1. The molecule has 0 spiro atoms. The zero-order valence-corrected chi connectivity index (χ0v) is 12.2. The van der Waals surface area contributed by atoms with Gasteiger partial charge in [-0.05, 0) is 31.5 Å². The Morgan fingerprint density at radius 2 is 1.84 bits per heavy atom. The highest BCUT2D eigenvalue weighted by Crippen LogP contribution is 2.15. The summed E-state index contributed by atoms with van der Waals surface area (Å²) in [5, 5.41) is 5.02. The first-order valence-corrected chi connectivity index (χ1v) is 6.60. The van der Waals surface area contributed by atoms with Crippen LogP contribution in [0.2, 0.25) is 5.02 Å². The molecule has 100 valence electrons. The summed E-state index contributed by atoms with van der Waals surface area (Å²) in [6, 6.07) is 7.40. The van der Waals surface area contributed by atoms with E-state index in [-0.39, 0.29) is 5.78 Å². The Kier molecular flexibility index (Phi) is 4.05. The number of halogens is 1. The van der Waals surface area contributed by atoms with E-state index >= 15 is 0 Å². The molecule has 2 rings (SSSR count). The van der Waals surface area contributed by atoms with Crippen LogP contribution in [-0.2, 0) is 24.7 Å². The molecule has 0 N–H and O–H groups in total. The molecule has 0 bridgehead atoms. The third-order valence-electron chi connectivity index (χ3n) is 3.35. The minimum atomic E-state index is 0.196. The van der Waals surface area contributed by atoms with Crippen molar-refractivity contribution in [3.8, 4) is 0 Å². The predicted molar refractivity (Wildman–Crippen MR) is 76.5 cm³/mol. The van der Waals surface area contributed by atoms with E-state index in [0.29, 0.717) is 17.9 Å². The second kappa shape index (κ2) is 5.57. The van der Waals surface area contributed by atoms with Gasteiger partial charge in [-0.1, -0.05) is 23.7 Å². The second-order valence-corrected chi connectivity index (χ2v) is 5.23. The SMILES string of the molecule is Cc1nn(C)c(C)c1CC(=O)Cc1ccc(Cl)cc1. The van der Waals surface area contributed by atoms with Gasteiger partial charge in [0, 0.05) is 36.2 Å². The third kappa shape index (κ3) is 3.24. The first-order chi connectivity index (χ1) is 8.97. The maximum atomic E-state index is 12.1. The van der Waals surface area contributed by atoms with Crippen LogP contribution in [0.1, 0.15) is 22.5 Å². The van der Waals surface area contributed by atoms with Crippen molar-refractivity contribution in [1.82, 2.24) is 9.78 Å². The smallest absolute Gasteiger partial charge is 0.141 e. The van der Waals surface area contributed by atoms with Crippen LogP contribution in [0.3, 0.4) is 0 Å². The molecule has 3 nitrogen and oxygen atoms in total. The fourth-order valence-corrected chi connectivity index (χ4v) is 2.29. The van der Waals surface area contributed by atoms with Crippen LogP contribution in [0, 0.1) is 13.8 Å². The van der Waals surface area contributed by atoms with Gasteiger partial charge in [-0.2, -0.15) is 5.10 Å². The number of carbonyl (C=O) groups excluding carboxylic acids is 1. The molecule has 0 fully saturated rings. The number of aromatic nitrogens is 2. The summed E-state index contributed by atoms with van der Waals surface area (Å²) in [5.41, 5.74) is 4.03. The molecule has 0 atom stereocenters. The molecule has 19 heavy (non-hydrogen) atoms. The fourth-order valence-electron chi connectivity index (χ4n) is 2.16. The van der Waals surface area contributed by atoms with E-state index in [9.17, 15) is 4.79 Å². The number of benzene rings is 1. The number of carbonyl (C=O) groups is 1. The molecule has 0 radical (unpaired) electrons. The van der Waals surface area contributed by atoms with E-state index in [2.05, 4.69) is 5.10 Å². The van der Waals surface area contributed by atoms with E-state index < -0.39 is 0 Å². The zero-order chi connectivity index (χ0) is 14.0. The molecule has 4 heteroatoms. The van der Waals surface area contributed by atoms with Gasteiger partial charge in [0.05, 0.1) is 5.69 Å². The number of Topliss-reactive ketones (excluding diaryl/α,β-unsaturated/α-hetero) is 1. The topological polar surface area (TPSA) is 34.9 Å². The van der Waals surface area contributed by atoms with Crippen LogP contribution in [-0.4, -0.2) is 15.6 Å². The Labute approximate surface area is 118 Å². The van der Waals surface area contributed by atoms with E-state index in [1.165, 1.54) is 0 Å². The molecule has 2 aromatic rings.